The van der Waals surface area contributed by atoms with Crippen molar-refractivity contribution in [3.8, 4) is 23.1 Å². The highest BCUT2D eigenvalue weighted by Gasteiger charge is 2.24. The topological polar surface area (TPSA) is 42.9 Å². The summed E-state index contributed by atoms with van der Waals surface area (Å²) in [7, 11) is 0. The van der Waals surface area contributed by atoms with Gasteiger partial charge in [-0.05, 0) is 65.4 Å². The van der Waals surface area contributed by atoms with Crippen LogP contribution in [0.3, 0.4) is 0 Å². The Bertz CT molecular complexity index is 3320. The van der Waals surface area contributed by atoms with Crippen LogP contribution in [-0.4, -0.2) is 13.7 Å². The molecule has 11 rings (SSSR count). The van der Waals surface area contributed by atoms with E-state index in [0.29, 0.717) is 16.9 Å². The molecule has 0 aliphatic heterocycles. The zero-order valence-electron chi connectivity index (χ0n) is 28.3. The Morgan fingerprint density at radius 2 is 0.962 bits per heavy atom. The maximum absolute atomic E-state index is 11.2. The molecule has 0 saturated carbocycles. The van der Waals surface area contributed by atoms with E-state index < -0.39 is 0 Å². The fraction of sp³-hybridized carbons (Fsp3) is 0. The summed E-state index contributed by atoms with van der Waals surface area (Å²) < 4.78 is 6.67. The molecule has 0 saturated heterocycles. The molecule has 0 aliphatic carbocycles. The quantitative estimate of drug-likeness (QED) is 0.172. The second-order valence-corrected chi connectivity index (χ2v) is 13.5. The SMILES string of the molecule is [C-]#[N+]c1ccc(-n2c3ccc(-n4c5ccccc5c5ccccc54)cc3c3c4ccccc4ccc32)c(C#N)c1-n1c2ccccc2c2ccccc21. The average molecular weight is 674 g/mol. The first-order valence-corrected chi connectivity index (χ1v) is 17.6. The van der Waals surface area contributed by atoms with E-state index in [4.69, 9.17) is 6.57 Å². The molecule has 0 fully saturated rings. The van der Waals surface area contributed by atoms with Crippen molar-refractivity contribution < 1.29 is 0 Å². The maximum atomic E-state index is 11.2. The zero-order chi connectivity index (χ0) is 35.2. The van der Waals surface area contributed by atoms with Crippen molar-refractivity contribution >= 4 is 81.9 Å². The van der Waals surface area contributed by atoms with Gasteiger partial charge in [-0.3, -0.25) is 0 Å². The van der Waals surface area contributed by atoms with E-state index >= 15 is 0 Å². The van der Waals surface area contributed by atoms with Gasteiger partial charge in [0.2, 0.25) is 5.69 Å². The van der Waals surface area contributed by atoms with Gasteiger partial charge >= 0.3 is 0 Å². The Morgan fingerprint density at radius 3 is 1.55 bits per heavy atom. The second-order valence-electron chi connectivity index (χ2n) is 13.5. The predicted molar refractivity (Wildman–Crippen MR) is 218 cm³/mol. The summed E-state index contributed by atoms with van der Waals surface area (Å²) >= 11 is 0. The molecule has 5 nitrogen and oxygen atoms in total. The minimum absolute atomic E-state index is 0.427. The number of hydrogen-bond donors (Lipinski definition) is 0. The number of rotatable bonds is 3. The van der Waals surface area contributed by atoms with Crippen LogP contribution in [0, 0.1) is 17.9 Å². The normalized spacial score (nSPS) is 11.7. The lowest BCUT2D eigenvalue weighted by atomic mass is 10.0. The summed E-state index contributed by atoms with van der Waals surface area (Å²) in [4.78, 5) is 3.99. The molecule has 11 aromatic rings. The van der Waals surface area contributed by atoms with Crippen LogP contribution in [0.15, 0.2) is 164 Å². The van der Waals surface area contributed by atoms with E-state index in [2.05, 4.69) is 152 Å². The zero-order valence-corrected chi connectivity index (χ0v) is 28.3. The fourth-order valence-corrected chi connectivity index (χ4v) is 8.72. The molecule has 0 unspecified atom stereocenters. The smallest absolute Gasteiger partial charge is 0.212 e. The van der Waals surface area contributed by atoms with Gasteiger partial charge in [0.1, 0.15) is 6.07 Å². The van der Waals surface area contributed by atoms with Gasteiger partial charge < -0.3 is 13.7 Å². The molecule has 0 atom stereocenters. The summed E-state index contributed by atoms with van der Waals surface area (Å²) in [5.41, 5.74) is 9.47. The third kappa shape index (κ3) is 3.94. The molecular formula is C48H27N5. The molecular weight excluding hydrogens is 647 g/mol. The van der Waals surface area contributed by atoms with Crippen LogP contribution in [0.1, 0.15) is 5.56 Å². The molecule has 53 heavy (non-hydrogen) atoms. The fourth-order valence-electron chi connectivity index (χ4n) is 8.72. The summed E-state index contributed by atoms with van der Waals surface area (Å²) in [6, 6.07) is 59.5. The van der Waals surface area contributed by atoms with Crippen LogP contribution in [0.5, 0.6) is 0 Å². The van der Waals surface area contributed by atoms with Gasteiger partial charge in [0.25, 0.3) is 0 Å². The maximum Gasteiger partial charge on any atom is 0.212 e. The molecule has 3 aromatic heterocycles. The Labute approximate surface area is 303 Å². The Morgan fingerprint density at radius 1 is 0.453 bits per heavy atom. The van der Waals surface area contributed by atoms with Crippen molar-refractivity contribution in [2.75, 3.05) is 0 Å². The molecule has 0 amide bonds. The van der Waals surface area contributed by atoms with Crippen LogP contribution < -0.4 is 0 Å². The second kappa shape index (κ2) is 10.9. The predicted octanol–water partition coefficient (Wildman–Crippen LogP) is 12.6. The first kappa shape index (κ1) is 29.2. The highest BCUT2D eigenvalue weighted by atomic mass is 15.0. The minimum atomic E-state index is 0.427. The Kier molecular flexibility index (Phi) is 6.02. The standard InChI is InChI=1S/C48H27N5/c1-50-39-24-27-45(38(29-49)48(39)53-42-20-10-6-16-35(42)36-17-7-11-21-43(36)53)52-44-26-23-31(28-37(44)47-32-13-3-2-12-30(32)22-25-46(47)52)51-40-18-8-4-14-33(40)34-15-5-9-19-41(34)51/h2-28H. The van der Waals surface area contributed by atoms with Gasteiger partial charge in [0, 0.05) is 38.0 Å². The van der Waals surface area contributed by atoms with Gasteiger partial charge in [-0.1, -0.05) is 109 Å². The van der Waals surface area contributed by atoms with Crippen LogP contribution in [0.2, 0.25) is 0 Å². The van der Waals surface area contributed by atoms with Gasteiger partial charge in [-0.25, -0.2) is 4.85 Å². The van der Waals surface area contributed by atoms with E-state index in [1.165, 1.54) is 10.8 Å². The molecule has 0 aliphatic rings. The largest absolute Gasteiger partial charge is 0.318 e. The monoisotopic (exact) mass is 673 g/mol. The van der Waals surface area contributed by atoms with Crippen molar-refractivity contribution in [3.05, 3.63) is 181 Å². The van der Waals surface area contributed by atoms with Crippen molar-refractivity contribution in [1.82, 2.24) is 13.7 Å². The van der Waals surface area contributed by atoms with E-state index in [0.717, 1.165) is 76.8 Å². The number of fused-ring (bicyclic) bond motifs is 11. The van der Waals surface area contributed by atoms with Crippen LogP contribution in [0.25, 0.3) is 98.1 Å². The molecule has 3 heterocycles. The number of benzene rings is 8. The van der Waals surface area contributed by atoms with Crippen LogP contribution in [0.4, 0.5) is 5.69 Å². The number of nitrogens with zero attached hydrogens (tertiary/aromatic N) is 5. The van der Waals surface area contributed by atoms with Gasteiger partial charge in [-0.2, -0.15) is 5.26 Å². The lowest BCUT2D eigenvalue weighted by Crippen LogP contribution is -2.04. The molecule has 8 aromatic carbocycles. The van der Waals surface area contributed by atoms with Crippen molar-refractivity contribution in [3.63, 3.8) is 0 Å². The molecule has 0 radical (unpaired) electrons. The Hall–Kier alpha value is -7.60. The van der Waals surface area contributed by atoms with E-state index in [1.807, 2.05) is 36.4 Å². The van der Waals surface area contributed by atoms with Crippen molar-refractivity contribution in [2.45, 2.75) is 0 Å². The van der Waals surface area contributed by atoms with Gasteiger partial charge in [0.05, 0.1) is 56.6 Å². The third-order valence-electron chi connectivity index (χ3n) is 10.9. The highest BCUT2D eigenvalue weighted by molar-refractivity contribution is 6.22. The third-order valence-corrected chi connectivity index (χ3v) is 10.9. The minimum Gasteiger partial charge on any atom is -0.318 e. The van der Waals surface area contributed by atoms with Gasteiger partial charge in [0.15, 0.2) is 0 Å². The Balaban J connectivity index is 1.27. The summed E-state index contributed by atoms with van der Waals surface area (Å²) in [5, 5.41) is 20.3. The number of para-hydroxylation sites is 4. The lowest BCUT2D eigenvalue weighted by Gasteiger charge is -2.17. The lowest BCUT2D eigenvalue weighted by molar-refractivity contribution is 1.12. The van der Waals surface area contributed by atoms with Gasteiger partial charge in [-0.15, -0.1) is 0 Å². The summed E-state index contributed by atoms with van der Waals surface area (Å²) in [6.45, 7) is 8.27. The van der Waals surface area contributed by atoms with Crippen LogP contribution >= 0.6 is 0 Å². The molecule has 0 N–H and O–H groups in total. The first-order valence-electron chi connectivity index (χ1n) is 17.6. The molecule has 244 valence electrons. The summed E-state index contributed by atoms with van der Waals surface area (Å²) in [5.74, 6) is 0. The number of nitriles is 1. The van der Waals surface area contributed by atoms with Crippen molar-refractivity contribution in [2.24, 2.45) is 0 Å². The summed E-state index contributed by atoms with van der Waals surface area (Å²) in [6.07, 6.45) is 0. The number of hydrogen-bond acceptors (Lipinski definition) is 1. The van der Waals surface area contributed by atoms with Crippen LogP contribution in [-0.2, 0) is 0 Å². The van der Waals surface area contributed by atoms with E-state index in [-0.39, 0.29) is 0 Å². The highest BCUT2D eigenvalue weighted by Crippen LogP contribution is 2.43. The van der Waals surface area contributed by atoms with E-state index in [9.17, 15) is 5.26 Å². The van der Waals surface area contributed by atoms with Crippen molar-refractivity contribution in [1.29, 1.82) is 5.26 Å². The molecule has 0 spiro atoms. The van der Waals surface area contributed by atoms with E-state index in [1.54, 1.807) is 0 Å². The average Bonchev–Trinajstić information content (AvgIpc) is 3.86. The molecule has 0 bridgehead atoms. The first-order chi connectivity index (χ1) is 26.2. The molecule has 5 heteroatoms. The number of aromatic nitrogens is 3.